The molecule has 2 heteroatoms. The number of hydrogen-bond donors (Lipinski definition) is 2. The molecule has 0 aliphatic carbocycles. The lowest BCUT2D eigenvalue weighted by Crippen LogP contribution is -2.41. The number of aliphatic hydroxyl groups is 1. The van der Waals surface area contributed by atoms with Gasteiger partial charge in [-0.25, -0.2) is 0 Å². The first-order valence-electron chi connectivity index (χ1n) is 5.29. The number of β-amino-alcohol motifs (C(OH)–C–C–N with tert-alkyl or cyclic N) is 1. The molecule has 76 valence electrons. The zero-order valence-electron chi connectivity index (χ0n) is 8.32. The fourth-order valence-electron chi connectivity index (χ4n) is 2.05. The standard InChI is InChI=1S/C12H17NO/c14-12-9-13-7-6-11(12)8-10-4-2-1-3-5-10/h1-5,11-14H,6-9H2. The second kappa shape index (κ2) is 4.58. The predicted octanol–water partition coefficient (Wildman–Crippen LogP) is 1.20. The molecule has 0 bridgehead atoms. The number of aliphatic hydroxyl groups excluding tert-OH is 1. The van der Waals surface area contributed by atoms with Crippen molar-refractivity contribution in [2.24, 2.45) is 5.92 Å². The van der Waals surface area contributed by atoms with Crippen LogP contribution in [0.3, 0.4) is 0 Å². The summed E-state index contributed by atoms with van der Waals surface area (Å²) in [5.74, 6) is 0.429. The van der Waals surface area contributed by atoms with Gasteiger partial charge >= 0.3 is 0 Å². The summed E-state index contributed by atoms with van der Waals surface area (Å²) in [4.78, 5) is 0. The Balaban J connectivity index is 1.96. The highest BCUT2D eigenvalue weighted by Crippen LogP contribution is 2.18. The normalized spacial score (nSPS) is 27.5. The molecule has 0 amide bonds. The highest BCUT2D eigenvalue weighted by molar-refractivity contribution is 5.15. The van der Waals surface area contributed by atoms with Gasteiger partial charge in [0.15, 0.2) is 0 Å². The predicted molar refractivity (Wildman–Crippen MR) is 57.1 cm³/mol. The summed E-state index contributed by atoms with van der Waals surface area (Å²) in [6.45, 7) is 1.78. The minimum Gasteiger partial charge on any atom is -0.392 e. The van der Waals surface area contributed by atoms with E-state index in [0.717, 1.165) is 25.9 Å². The molecule has 0 radical (unpaired) electrons. The van der Waals surface area contributed by atoms with Gasteiger partial charge in [-0.2, -0.15) is 0 Å². The van der Waals surface area contributed by atoms with E-state index in [9.17, 15) is 5.11 Å². The third-order valence-electron chi connectivity index (χ3n) is 2.93. The van der Waals surface area contributed by atoms with Gasteiger partial charge in [0.2, 0.25) is 0 Å². The van der Waals surface area contributed by atoms with Gasteiger partial charge in [-0.15, -0.1) is 0 Å². The highest BCUT2D eigenvalue weighted by Gasteiger charge is 2.22. The van der Waals surface area contributed by atoms with E-state index in [1.165, 1.54) is 5.56 Å². The average Bonchev–Trinajstić information content (AvgIpc) is 2.23. The summed E-state index contributed by atoms with van der Waals surface area (Å²) in [5.41, 5.74) is 1.33. The van der Waals surface area contributed by atoms with E-state index >= 15 is 0 Å². The third-order valence-corrected chi connectivity index (χ3v) is 2.93. The lowest BCUT2D eigenvalue weighted by molar-refractivity contribution is 0.0820. The first-order chi connectivity index (χ1) is 6.86. The highest BCUT2D eigenvalue weighted by atomic mass is 16.3. The minimum atomic E-state index is -0.177. The van der Waals surface area contributed by atoms with Crippen molar-refractivity contribution in [1.29, 1.82) is 0 Å². The van der Waals surface area contributed by atoms with Crippen LogP contribution < -0.4 is 5.32 Å². The second-order valence-electron chi connectivity index (χ2n) is 4.01. The van der Waals surface area contributed by atoms with Gasteiger partial charge in [-0.3, -0.25) is 0 Å². The van der Waals surface area contributed by atoms with Crippen molar-refractivity contribution in [2.75, 3.05) is 13.1 Å². The Kier molecular flexibility index (Phi) is 3.17. The summed E-state index contributed by atoms with van der Waals surface area (Å²) in [7, 11) is 0. The van der Waals surface area contributed by atoms with Crippen LogP contribution in [0, 0.1) is 5.92 Å². The zero-order valence-corrected chi connectivity index (χ0v) is 8.32. The molecule has 1 aliphatic rings. The molecule has 1 aromatic carbocycles. The van der Waals surface area contributed by atoms with E-state index in [1.54, 1.807) is 0 Å². The molecular formula is C12H17NO. The Morgan fingerprint density at radius 3 is 2.79 bits per heavy atom. The van der Waals surface area contributed by atoms with E-state index in [4.69, 9.17) is 0 Å². The largest absolute Gasteiger partial charge is 0.392 e. The molecule has 1 fully saturated rings. The Morgan fingerprint density at radius 2 is 2.07 bits per heavy atom. The van der Waals surface area contributed by atoms with Crippen LogP contribution in [-0.4, -0.2) is 24.3 Å². The molecule has 2 nitrogen and oxygen atoms in total. The van der Waals surface area contributed by atoms with Crippen molar-refractivity contribution in [2.45, 2.75) is 18.9 Å². The topological polar surface area (TPSA) is 32.3 Å². The molecule has 1 saturated heterocycles. The number of piperidine rings is 1. The van der Waals surface area contributed by atoms with E-state index in [0.29, 0.717) is 5.92 Å². The molecule has 1 heterocycles. The van der Waals surface area contributed by atoms with Crippen molar-refractivity contribution in [3.05, 3.63) is 35.9 Å². The van der Waals surface area contributed by atoms with Crippen LogP contribution in [0.1, 0.15) is 12.0 Å². The van der Waals surface area contributed by atoms with E-state index in [1.807, 2.05) is 6.07 Å². The van der Waals surface area contributed by atoms with Gasteiger partial charge in [-0.1, -0.05) is 30.3 Å². The van der Waals surface area contributed by atoms with Crippen LogP contribution in [0.4, 0.5) is 0 Å². The summed E-state index contributed by atoms with van der Waals surface area (Å²) < 4.78 is 0. The van der Waals surface area contributed by atoms with Crippen LogP contribution in [0.15, 0.2) is 30.3 Å². The molecule has 2 N–H and O–H groups in total. The molecule has 2 unspecified atom stereocenters. The van der Waals surface area contributed by atoms with Gasteiger partial charge in [0.05, 0.1) is 6.10 Å². The average molecular weight is 191 g/mol. The lowest BCUT2D eigenvalue weighted by Gasteiger charge is -2.28. The van der Waals surface area contributed by atoms with Crippen molar-refractivity contribution in [1.82, 2.24) is 5.32 Å². The van der Waals surface area contributed by atoms with Gasteiger partial charge in [-0.05, 0) is 30.9 Å². The number of rotatable bonds is 2. The van der Waals surface area contributed by atoms with Crippen LogP contribution in [0.5, 0.6) is 0 Å². The maximum atomic E-state index is 9.77. The van der Waals surface area contributed by atoms with Crippen LogP contribution >= 0.6 is 0 Å². The first-order valence-corrected chi connectivity index (χ1v) is 5.29. The first kappa shape index (κ1) is 9.69. The van der Waals surface area contributed by atoms with Gasteiger partial charge < -0.3 is 10.4 Å². The van der Waals surface area contributed by atoms with Crippen molar-refractivity contribution in [3.8, 4) is 0 Å². The monoisotopic (exact) mass is 191 g/mol. The fraction of sp³-hybridized carbons (Fsp3) is 0.500. The number of nitrogens with one attached hydrogen (secondary N) is 1. The number of hydrogen-bond acceptors (Lipinski definition) is 2. The van der Waals surface area contributed by atoms with Crippen LogP contribution in [0.2, 0.25) is 0 Å². The lowest BCUT2D eigenvalue weighted by atomic mass is 9.89. The Labute approximate surface area is 85.0 Å². The van der Waals surface area contributed by atoms with Gasteiger partial charge in [0.25, 0.3) is 0 Å². The summed E-state index contributed by atoms with van der Waals surface area (Å²) >= 11 is 0. The van der Waals surface area contributed by atoms with E-state index in [2.05, 4.69) is 29.6 Å². The molecule has 2 rings (SSSR count). The van der Waals surface area contributed by atoms with Crippen LogP contribution in [0.25, 0.3) is 0 Å². The molecule has 1 aliphatic heterocycles. The maximum absolute atomic E-state index is 9.77. The summed E-state index contributed by atoms with van der Waals surface area (Å²) in [5, 5.41) is 13.0. The molecule has 0 saturated carbocycles. The third kappa shape index (κ3) is 2.34. The van der Waals surface area contributed by atoms with Crippen molar-refractivity contribution < 1.29 is 5.11 Å². The quantitative estimate of drug-likeness (QED) is 0.736. The maximum Gasteiger partial charge on any atom is 0.0696 e. The van der Waals surface area contributed by atoms with Gasteiger partial charge in [0.1, 0.15) is 0 Å². The van der Waals surface area contributed by atoms with Crippen LogP contribution in [-0.2, 0) is 6.42 Å². The second-order valence-corrected chi connectivity index (χ2v) is 4.01. The molecular weight excluding hydrogens is 174 g/mol. The van der Waals surface area contributed by atoms with Gasteiger partial charge in [0, 0.05) is 6.54 Å². The molecule has 1 aromatic rings. The number of benzene rings is 1. The van der Waals surface area contributed by atoms with Crippen molar-refractivity contribution in [3.63, 3.8) is 0 Å². The molecule has 0 aromatic heterocycles. The van der Waals surface area contributed by atoms with E-state index < -0.39 is 0 Å². The summed E-state index contributed by atoms with van der Waals surface area (Å²) in [6.07, 6.45) is 1.91. The van der Waals surface area contributed by atoms with E-state index in [-0.39, 0.29) is 6.10 Å². The fourth-order valence-corrected chi connectivity index (χ4v) is 2.05. The zero-order chi connectivity index (χ0) is 9.80. The Morgan fingerprint density at radius 1 is 1.29 bits per heavy atom. The minimum absolute atomic E-state index is 0.177. The molecule has 2 atom stereocenters. The Bertz CT molecular complexity index is 273. The Hall–Kier alpha value is -0.860. The molecule has 0 spiro atoms. The smallest absolute Gasteiger partial charge is 0.0696 e. The summed E-state index contributed by atoms with van der Waals surface area (Å²) in [6, 6.07) is 10.4. The SMILES string of the molecule is OC1CNCCC1Cc1ccccc1. The van der Waals surface area contributed by atoms with Crippen molar-refractivity contribution >= 4 is 0 Å². The molecule has 14 heavy (non-hydrogen) atoms.